The van der Waals surface area contributed by atoms with E-state index in [0.29, 0.717) is 11.1 Å². The maximum atomic E-state index is 13.3. The summed E-state index contributed by atoms with van der Waals surface area (Å²) in [6, 6.07) is 10.3. The van der Waals surface area contributed by atoms with Gasteiger partial charge < -0.3 is 9.84 Å². The monoisotopic (exact) mass is 425 g/mol. The van der Waals surface area contributed by atoms with Gasteiger partial charge in [0.15, 0.2) is 0 Å². The number of nitrogens with one attached hydrogen (secondary N) is 1. The molecule has 11 heteroatoms. The second kappa shape index (κ2) is 7.59. The highest BCUT2D eigenvalue weighted by molar-refractivity contribution is 6.07. The van der Waals surface area contributed by atoms with Crippen LogP contribution in [0, 0.1) is 15.9 Å². The third kappa shape index (κ3) is 3.50. The van der Waals surface area contributed by atoms with Crippen LogP contribution in [0.25, 0.3) is 11.4 Å². The molecule has 1 unspecified atom stereocenters. The lowest BCUT2D eigenvalue weighted by atomic mass is 9.87. The molecule has 0 bridgehead atoms. The molecule has 1 atom stereocenters. The van der Waals surface area contributed by atoms with Gasteiger partial charge in [0.2, 0.25) is 11.7 Å². The lowest BCUT2D eigenvalue weighted by Crippen LogP contribution is -2.43. The molecular weight excluding hydrogens is 409 g/mol. The van der Waals surface area contributed by atoms with E-state index in [4.69, 9.17) is 4.52 Å². The predicted molar refractivity (Wildman–Crippen MR) is 104 cm³/mol. The summed E-state index contributed by atoms with van der Waals surface area (Å²) in [5.74, 6) is -0.782. The number of hydrogen-bond acceptors (Lipinski definition) is 7. The molecule has 31 heavy (non-hydrogen) atoms. The Balaban J connectivity index is 1.56. The van der Waals surface area contributed by atoms with Gasteiger partial charge in [0.05, 0.1) is 4.92 Å². The minimum Gasteiger partial charge on any atom is -0.337 e. The fourth-order valence-electron chi connectivity index (χ4n) is 3.45. The van der Waals surface area contributed by atoms with Crippen molar-refractivity contribution in [2.75, 3.05) is 0 Å². The Labute approximate surface area is 174 Å². The molecule has 1 aliphatic rings. The number of non-ortho nitro benzene ring substituents is 1. The lowest BCUT2D eigenvalue weighted by molar-refractivity contribution is -0.384. The SMILES string of the molecule is CCC1(c2ccc(F)cc2)NC(=O)N(Cc2nc(-c3ccc([N+](=O)[O-])cc3)no2)C1=O. The fraction of sp³-hybridized carbons (Fsp3) is 0.200. The van der Waals surface area contributed by atoms with Crippen LogP contribution in [-0.2, 0) is 16.9 Å². The first kappa shape index (κ1) is 20.1. The largest absolute Gasteiger partial charge is 0.337 e. The molecule has 1 fully saturated rings. The van der Waals surface area contributed by atoms with E-state index in [0.717, 1.165) is 4.90 Å². The first-order chi connectivity index (χ1) is 14.8. The number of imide groups is 1. The summed E-state index contributed by atoms with van der Waals surface area (Å²) in [7, 11) is 0. The summed E-state index contributed by atoms with van der Waals surface area (Å²) in [6.07, 6.45) is 0.261. The Morgan fingerprint density at radius 2 is 1.84 bits per heavy atom. The van der Waals surface area contributed by atoms with Gasteiger partial charge >= 0.3 is 6.03 Å². The summed E-state index contributed by atoms with van der Waals surface area (Å²) in [6.45, 7) is 1.48. The Hall–Kier alpha value is -4.15. The number of hydrogen-bond donors (Lipinski definition) is 1. The maximum Gasteiger partial charge on any atom is 0.325 e. The van der Waals surface area contributed by atoms with Crippen molar-refractivity contribution in [3.05, 3.63) is 75.9 Å². The molecule has 1 N–H and O–H groups in total. The van der Waals surface area contributed by atoms with E-state index >= 15 is 0 Å². The first-order valence-corrected chi connectivity index (χ1v) is 9.31. The zero-order chi connectivity index (χ0) is 22.2. The second-order valence-corrected chi connectivity index (χ2v) is 6.90. The van der Waals surface area contributed by atoms with Gasteiger partial charge in [-0.1, -0.05) is 24.2 Å². The van der Waals surface area contributed by atoms with Crippen molar-refractivity contribution >= 4 is 17.6 Å². The minimum absolute atomic E-state index is 0.0165. The maximum absolute atomic E-state index is 13.3. The molecule has 1 saturated heterocycles. The molecule has 1 aliphatic heterocycles. The van der Waals surface area contributed by atoms with E-state index in [2.05, 4.69) is 15.5 Å². The number of carbonyl (C=O) groups excluding carboxylic acids is 2. The molecule has 10 nitrogen and oxygen atoms in total. The smallest absolute Gasteiger partial charge is 0.325 e. The Morgan fingerprint density at radius 1 is 1.16 bits per heavy atom. The van der Waals surface area contributed by atoms with Gasteiger partial charge in [-0.25, -0.2) is 9.18 Å². The van der Waals surface area contributed by atoms with Crippen LogP contribution < -0.4 is 5.32 Å². The van der Waals surface area contributed by atoms with Gasteiger partial charge in [-0.3, -0.25) is 19.8 Å². The number of nitro benzene ring substituents is 1. The zero-order valence-corrected chi connectivity index (χ0v) is 16.2. The molecule has 3 aromatic rings. The number of carbonyl (C=O) groups is 2. The normalized spacial score (nSPS) is 18.3. The summed E-state index contributed by atoms with van der Waals surface area (Å²) in [4.78, 5) is 41.1. The minimum atomic E-state index is -1.31. The van der Waals surface area contributed by atoms with E-state index in [1.165, 1.54) is 48.5 Å². The van der Waals surface area contributed by atoms with Crippen molar-refractivity contribution in [2.24, 2.45) is 0 Å². The number of urea groups is 1. The van der Waals surface area contributed by atoms with E-state index in [1.54, 1.807) is 6.92 Å². The molecular formula is C20H16FN5O5. The van der Waals surface area contributed by atoms with Gasteiger partial charge in [-0.15, -0.1) is 0 Å². The third-order valence-electron chi connectivity index (χ3n) is 5.14. The molecule has 1 aromatic heterocycles. The number of rotatable bonds is 6. The van der Waals surface area contributed by atoms with E-state index in [1.807, 2.05) is 0 Å². The third-order valence-corrected chi connectivity index (χ3v) is 5.14. The van der Waals surface area contributed by atoms with Crippen LogP contribution >= 0.6 is 0 Å². The second-order valence-electron chi connectivity index (χ2n) is 6.90. The average molecular weight is 425 g/mol. The van der Waals surface area contributed by atoms with Crippen LogP contribution in [0.2, 0.25) is 0 Å². The summed E-state index contributed by atoms with van der Waals surface area (Å²) < 4.78 is 18.5. The van der Waals surface area contributed by atoms with Gasteiger partial charge in [-0.05, 0) is 36.2 Å². The highest BCUT2D eigenvalue weighted by atomic mass is 19.1. The highest BCUT2D eigenvalue weighted by Gasteiger charge is 2.51. The number of amides is 3. The quantitative estimate of drug-likeness (QED) is 0.364. The molecule has 0 radical (unpaired) electrons. The number of nitrogens with zero attached hydrogens (tertiary/aromatic N) is 4. The van der Waals surface area contributed by atoms with E-state index in [-0.39, 0.29) is 30.4 Å². The molecule has 0 saturated carbocycles. The van der Waals surface area contributed by atoms with Crippen LogP contribution in [0.4, 0.5) is 14.9 Å². The van der Waals surface area contributed by atoms with Crippen molar-refractivity contribution in [3.63, 3.8) is 0 Å². The first-order valence-electron chi connectivity index (χ1n) is 9.31. The van der Waals surface area contributed by atoms with Gasteiger partial charge in [0.25, 0.3) is 11.6 Å². The topological polar surface area (TPSA) is 131 Å². The lowest BCUT2D eigenvalue weighted by Gasteiger charge is -2.25. The Bertz CT molecular complexity index is 1160. The average Bonchev–Trinajstić information content (AvgIpc) is 3.33. The zero-order valence-electron chi connectivity index (χ0n) is 16.2. The summed E-state index contributed by atoms with van der Waals surface area (Å²) in [5, 5.41) is 17.3. The predicted octanol–water partition coefficient (Wildman–Crippen LogP) is 3.14. The van der Waals surface area contributed by atoms with Crippen molar-refractivity contribution < 1.29 is 23.4 Å². The number of nitro groups is 1. The number of halogens is 1. The number of aromatic nitrogens is 2. The van der Waals surface area contributed by atoms with Crippen LogP contribution in [0.5, 0.6) is 0 Å². The number of benzene rings is 2. The van der Waals surface area contributed by atoms with Crippen molar-refractivity contribution in [2.45, 2.75) is 25.4 Å². The Kier molecular flexibility index (Phi) is 4.93. The molecule has 0 spiro atoms. The molecule has 2 aromatic carbocycles. The standard InChI is InChI=1S/C20H16FN5O5/c1-2-20(13-5-7-14(21)8-6-13)18(27)25(19(28)23-20)11-16-22-17(24-31-16)12-3-9-15(10-4-12)26(29)30/h3-10H,2,11H2,1H3,(H,23,28). The van der Waals surface area contributed by atoms with Crippen LogP contribution in [-0.4, -0.2) is 31.9 Å². The van der Waals surface area contributed by atoms with Crippen LogP contribution in [0.3, 0.4) is 0 Å². The van der Waals surface area contributed by atoms with Crippen molar-refractivity contribution in [1.82, 2.24) is 20.4 Å². The molecule has 2 heterocycles. The summed E-state index contributed by atoms with van der Waals surface area (Å²) >= 11 is 0. The van der Waals surface area contributed by atoms with E-state index < -0.39 is 28.2 Å². The van der Waals surface area contributed by atoms with Gasteiger partial charge in [0, 0.05) is 17.7 Å². The fourth-order valence-corrected chi connectivity index (χ4v) is 3.45. The van der Waals surface area contributed by atoms with Crippen LogP contribution in [0.1, 0.15) is 24.8 Å². The van der Waals surface area contributed by atoms with Gasteiger partial charge in [0.1, 0.15) is 17.9 Å². The van der Waals surface area contributed by atoms with Crippen LogP contribution in [0.15, 0.2) is 53.1 Å². The van der Waals surface area contributed by atoms with Gasteiger partial charge in [-0.2, -0.15) is 4.98 Å². The molecule has 158 valence electrons. The highest BCUT2D eigenvalue weighted by Crippen LogP contribution is 2.33. The van der Waals surface area contributed by atoms with Crippen molar-refractivity contribution in [3.8, 4) is 11.4 Å². The molecule has 0 aliphatic carbocycles. The Morgan fingerprint density at radius 3 is 2.45 bits per heavy atom. The molecule has 3 amide bonds. The van der Waals surface area contributed by atoms with E-state index in [9.17, 15) is 24.1 Å². The molecule has 4 rings (SSSR count). The summed E-state index contributed by atoms with van der Waals surface area (Å²) in [5.41, 5.74) is -0.448. The van der Waals surface area contributed by atoms with Crippen molar-refractivity contribution in [1.29, 1.82) is 0 Å².